The Hall–Kier alpha value is -3.08. The molecule has 0 radical (unpaired) electrons. The number of amides is 1. The van der Waals surface area contributed by atoms with Crippen LogP contribution in [0.3, 0.4) is 0 Å². The minimum atomic E-state index is -0.997. The Morgan fingerprint density at radius 1 is 0.964 bits per heavy atom. The lowest BCUT2D eigenvalue weighted by Crippen LogP contribution is -2.56. The third-order valence-corrected chi connectivity index (χ3v) is 5.31. The molecular weight excluding hydrogens is 354 g/mol. The van der Waals surface area contributed by atoms with Crippen molar-refractivity contribution in [1.29, 1.82) is 0 Å². The summed E-state index contributed by atoms with van der Waals surface area (Å²) in [6.07, 6.45) is 3.95. The van der Waals surface area contributed by atoms with Crippen LogP contribution in [0.4, 0.5) is 0 Å². The van der Waals surface area contributed by atoms with E-state index in [1.165, 1.54) is 0 Å². The van der Waals surface area contributed by atoms with Crippen molar-refractivity contribution in [3.63, 3.8) is 0 Å². The third-order valence-electron chi connectivity index (χ3n) is 5.31. The third kappa shape index (κ3) is 3.79. The number of ether oxygens (including phenoxy) is 1. The number of rotatable bonds is 5. The summed E-state index contributed by atoms with van der Waals surface area (Å²) >= 11 is 0. The van der Waals surface area contributed by atoms with Crippen LogP contribution in [0.1, 0.15) is 48.2 Å². The number of fused-ring (bicyclic) bond motifs is 1. The topological polar surface area (TPSA) is 68.5 Å². The number of esters is 1. The molecule has 0 atom stereocenters. The predicted octanol–water partition coefficient (Wildman–Crippen LogP) is 4.61. The van der Waals surface area contributed by atoms with Crippen molar-refractivity contribution in [3.8, 4) is 0 Å². The van der Waals surface area contributed by atoms with E-state index in [-0.39, 0.29) is 24.2 Å². The maximum atomic E-state index is 13.0. The first-order valence-corrected chi connectivity index (χ1v) is 9.69. The summed E-state index contributed by atoms with van der Waals surface area (Å²) in [4.78, 5) is 25.8. The second kappa shape index (κ2) is 7.89. The molecule has 1 N–H and O–H groups in total. The molecule has 1 amide bonds. The maximum absolute atomic E-state index is 13.0. The summed E-state index contributed by atoms with van der Waals surface area (Å²) in [5.74, 6) is -0.544. The zero-order chi connectivity index (χ0) is 19.4. The first kappa shape index (κ1) is 18.3. The van der Waals surface area contributed by atoms with Crippen LogP contribution in [0.2, 0.25) is 0 Å². The molecule has 0 saturated heterocycles. The van der Waals surface area contributed by atoms with Crippen LogP contribution in [0, 0.1) is 0 Å². The largest absolute Gasteiger partial charge is 0.459 e. The Kier molecular flexibility index (Phi) is 5.15. The summed E-state index contributed by atoms with van der Waals surface area (Å²) in [5, 5.41) is 3.80. The van der Waals surface area contributed by atoms with Crippen LogP contribution in [-0.4, -0.2) is 17.4 Å². The van der Waals surface area contributed by atoms with Crippen LogP contribution in [0.15, 0.2) is 65.1 Å². The standard InChI is InChI=1S/C23H23NO4/c25-21(20-15-18-11-5-6-12-19(18)28-20)24-23(13-7-2-8-14-23)22(26)27-16-17-9-3-1-4-10-17/h1,3-6,9-12,15H,2,7-8,13-14,16H2,(H,24,25). The van der Waals surface area contributed by atoms with Gasteiger partial charge in [0.15, 0.2) is 5.76 Å². The molecule has 5 heteroatoms. The molecule has 3 aromatic rings. The number of para-hydroxylation sites is 1. The molecule has 0 spiro atoms. The molecule has 1 heterocycles. The lowest BCUT2D eigenvalue weighted by Gasteiger charge is -2.35. The van der Waals surface area contributed by atoms with E-state index in [0.29, 0.717) is 18.4 Å². The highest BCUT2D eigenvalue weighted by Crippen LogP contribution is 2.31. The van der Waals surface area contributed by atoms with Gasteiger partial charge in [-0.2, -0.15) is 0 Å². The van der Waals surface area contributed by atoms with Crippen molar-refractivity contribution in [1.82, 2.24) is 5.32 Å². The Bertz CT molecular complexity index is 937. The lowest BCUT2D eigenvalue weighted by molar-refractivity contribution is -0.154. The SMILES string of the molecule is O=C(NC1(C(=O)OCc2ccccc2)CCCCC1)c1cc2ccccc2o1. The van der Waals surface area contributed by atoms with Gasteiger partial charge in [-0.05, 0) is 30.5 Å². The van der Waals surface area contributed by atoms with Crippen molar-refractivity contribution in [2.45, 2.75) is 44.2 Å². The number of benzene rings is 2. The van der Waals surface area contributed by atoms with Crippen LogP contribution < -0.4 is 5.32 Å². The zero-order valence-corrected chi connectivity index (χ0v) is 15.6. The minimum Gasteiger partial charge on any atom is -0.459 e. The van der Waals surface area contributed by atoms with Gasteiger partial charge in [0.05, 0.1) is 0 Å². The predicted molar refractivity (Wildman–Crippen MR) is 106 cm³/mol. The second-order valence-corrected chi connectivity index (χ2v) is 7.31. The molecule has 1 fully saturated rings. The molecule has 1 aliphatic carbocycles. The van der Waals surface area contributed by atoms with Crippen molar-refractivity contribution < 1.29 is 18.7 Å². The molecule has 0 unspecified atom stereocenters. The first-order valence-electron chi connectivity index (χ1n) is 9.69. The molecule has 1 aromatic heterocycles. The Balaban J connectivity index is 1.51. The molecule has 2 aromatic carbocycles. The maximum Gasteiger partial charge on any atom is 0.332 e. The first-order chi connectivity index (χ1) is 13.7. The molecule has 0 aliphatic heterocycles. The quantitative estimate of drug-likeness (QED) is 0.659. The van der Waals surface area contributed by atoms with Crippen molar-refractivity contribution in [2.24, 2.45) is 0 Å². The van der Waals surface area contributed by atoms with E-state index < -0.39 is 5.54 Å². The van der Waals surface area contributed by atoms with E-state index in [0.717, 1.165) is 30.2 Å². The number of nitrogens with one attached hydrogen (secondary N) is 1. The van der Waals surface area contributed by atoms with Crippen molar-refractivity contribution in [2.75, 3.05) is 0 Å². The van der Waals surface area contributed by atoms with Gasteiger partial charge in [0.1, 0.15) is 17.7 Å². The molecule has 1 aliphatic rings. The highest BCUT2D eigenvalue weighted by Gasteiger charge is 2.43. The molecule has 0 bridgehead atoms. The molecular formula is C23H23NO4. The highest BCUT2D eigenvalue weighted by molar-refractivity contribution is 5.99. The van der Waals surface area contributed by atoms with E-state index in [1.807, 2.05) is 54.6 Å². The van der Waals surface area contributed by atoms with Gasteiger partial charge >= 0.3 is 5.97 Å². The summed E-state index contributed by atoms with van der Waals surface area (Å²) in [6.45, 7) is 0.196. The van der Waals surface area contributed by atoms with Crippen molar-refractivity contribution in [3.05, 3.63) is 72.0 Å². The number of furan rings is 1. The Labute approximate surface area is 163 Å². The molecule has 4 rings (SSSR count). The summed E-state index contributed by atoms with van der Waals surface area (Å²) < 4.78 is 11.2. The lowest BCUT2D eigenvalue weighted by atomic mass is 9.81. The van der Waals surface area contributed by atoms with Gasteiger partial charge < -0.3 is 14.5 Å². The van der Waals surface area contributed by atoms with E-state index in [2.05, 4.69) is 5.32 Å². The molecule has 5 nitrogen and oxygen atoms in total. The van der Waals surface area contributed by atoms with Crippen LogP contribution in [0.25, 0.3) is 11.0 Å². The summed E-state index contributed by atoms with van der Waals surface area (Å²) in [5.41, 5.74) is 0.575. The van der Waals surface area contributed by atoms with Gasteiger partial charge in [-0.1, -0.05) is 67.8 Å². The van der Waals surface area contributed by atoms with E-state index in [4.69, 9.17) is 9.15 Å². The van der Waals surface area contributed by atoms with E-state index >= 15 is 0 Å². The number of hydrogen-bond donors (Lipinski definition) is 1. The average Bonchev–Trinajstić information content (AvgIpc) is 3.18. The van der Waals surface area contributed by atoms with Gasteiger partial charge in [-0.3, -0.25) is 4.79 Å². The van der Waals surface area contributed by atoms with Crippen LogP contribution >= 0.6 is 0 Å². The van der Waals surface area contributed by atoms with Gasteiger partial charge in [-0.15, -0.1) is 0 Å². The number of carbonyl (C=O) groups excluding carboxylic acids is 2. The molecule has 1 saturated carbocycles. The van der Waals surface area contributed by atoms with E-state index in [1.54, 1.807) is 6.07 Å². The fraction of sp³-hybridized carbons (Fsp3) is 0.304. The number of carbonyl (C=O) groups is 2. The number of hydrogen-bond acceptors (Lipinski definition) is 4. The summed E-state index contributed by atoms with van der Waals surface area (Å²) in [6, 6.07) is 18.7. The van der Waals surface area contributed by atoms with Gasteiger partial charge in [0.2, 0.25) is 0 Å². The fourth-order valence-electron chi connectivity index (χ4n) is 3.77. The fourth-order valence-corrected chi connectivity index (χ4v) is 3.77. The second-order valence-electron chi connectivity index (χ2n) is 7.31. The molecule has 144 valence electrons. The monoisotopic (exact) mass is 377 g/mol. The average molecular weight is 377 g/mol. The van der Waals surface area contributed by atoms with E-state index in [9.17, 15) is 9.59 Å². The van der Waals surface area contributed by atoms with Gasteiger partial charge in [0, 0.05) is 5.39 Å². The zero-order valence-electron chi connectivity index (χ0n) is 15.6. The Morgan fingerprint density at radius 2 is 1.68 bits per heavy atom. The summed E-state index contributed by atoms with van der Waals surface area (Å²) in [7, 11) is 0. The highest BCUT2D eigenvalue weighted by atomic mass is 16.5. The van der Waals surface area contributed by atoms with Gasteiger partial charge in [0.25, 0.3) is 5.91 Å². The van der Waals surface area contributed by atoms with Crippen molar-refractivity contribution >= 4 is 22.8 Å². The minimum absolute atomic E-state index is 0.196. The molecule has 28 heavy (non-hydrogen) atoms. The van der Waals surface area contributed by atoms with Gasteiger partial charge in [-0.25, -0.2) is 4.79 Å². The Morgan fingerprint density at radius 3 is 2.43 bits per heavy atom. The van der Waals surface area contributed by atoms with Crippen LogP contribution in [0.5, 0.6) is 0 Å². The van der Waals surface area contributed by atoms with Crippen LogP contribution in [-0.2, 0) is 16.1 Å². The smallest absolute Gasteiger partial charge is 0.332 e. The normalized spacial score (nSPS) is 15.9.